The van der Waals surface area contributed by atoms with Gasteiger partial charge in [0.25, 0.3) is 0 Å². The quantitative estimate of drug-likeness (QED) is 0.118. The molecule has 0 N–H and O–H groups in total. The van der Waals surface area contributed by atoms with Gasteiger partial charge in [-0.3, -0.25) is 9.98 Å². The molecule has 0 aliphatic heterocycles. The Morgan fingerprint density at radius 3 is 1.63 bits per heavy atom. The Bertz CT molecular complexity index is 3510. The van der Waals surface area contributed by atoms with Crippen molar-refractivity contribution in [3.63, 3.8) is 0 Å². The summed E-state index contributed by atoms with van der Waals surface area (Å²) in [6.07, 6.45) is 0. The van der Waals surface area contributed by atoms with Crippen molar-refractivity contribution in [2.24, 2.45) is 9.98 Å². The fourth-order valence-electron chi connectivity index (χ4n) is 8.83. The van der Waals surface area contributed by atoms with Gasteiger partial charge in [0.1, 0.15) is 11.2 Å². The summed E-state index contributed by atoms with van der Waals surface area (Å²) in [4.78, 5) is 10.2. The lowest BCUT2D eigenvalue weighted by molar-refractivity contribution is 0.670. The molecule has 0 fully saturated rings. The first-order chi connectivity index (χ1) is 29.6. The lowest BCUT2D eigenvalue weighted by Gasteiger charge is -2.16. The van der Waals surface area contributed by atoms with Gasteiger partial charge in [-0.1, -0.05) is 164 Å². The molecule has 0 saturated carbocycles. The number of fused-ring (bicyclic) bond motifs is 7. The number of hydrogen-bond acceptors (Lipinski definition) is 3. The van der Waals surface area contributed by atoms with Crippen LogP contribution < -0.4 is 0 Å². The first kappa shape index (κ1) is 35.3. The molecule has 10 aromatic carbocycles. The summed E-state index contributed by atoms with van der Waals surface area (Å²) in [5.74, 6) is 0. The Morgan fingerprint density at radius 1 is 0.400 bits per heavy atom. The molecule has 1 heterocycles. The van der Waals surface area contributed by atoms with Crippen LogP contribution in [-0.4, -0.2) is 12.4 Å². The Labute approximate surface area is 348 Å². The molecule has 11 rings (SSSR count). The minimum atomic E-state index is 0.775. The molecule has 0 aliphatic rings. The highest BCUT2D eigenvalue weighted by Gasteiger charge is 2.18. The van der Waals surface area contributed by atoms with Gasteiger partial charge in [-0.2, -0.15) is 0 Å². The lowest BCUT2D eigenvalue weighted by Crippen LogP contribution is -1.95. The molecule has 0 unspecified atom stereocenters. The second-order valence-electron chi connectivity index (χ2n) is 15.4. The zero-order valence-electron chi connectivity index (χ0n) is 33.1. The van der Waals surface area contributed by atoms with Crippen LogP contribution in [0, 0.1) is 0 Å². The zero-order valence-corrected chi connectivity index (χ0v) is 33.1. The highest BCUT2D eigenvalue weighted by molar-refractivity contribution is 6.21. The second kappa shape index (κ2) is 14.5. The minimum Gasteiger partial charge on any atom is -0.455 e. The average molecular weight is 767 g/mol. The van der Waals surface area contributed by atoms with Gasteiger partial charge in [-0.25, -0.2) is 0 Å². The summed E-state index contributed by atoms with van der Waals surface area (Å²) in [6.45, 7) is 6.21. The van der Waals surface area contributed by atoms with Gasteiger partial charge < -0.3 is 4.42 Å². The van der Waals surface area contributed by atoms with Crippen LogP contribution in [0.15, 0.2) is 215 Å². The van der Waals surface area contributed by atoms with Gasteiger partial charge in [-0.15, -0.1) is 0 Å². The van der Waals surface area contributed by atoms with Gasteiger partial charge in [0.15, 0.2) is 0 Å². The highest BCUT2D eigenvalue weighted by Crippen LogP contribution is 2.46. The van der Waals surface area contributed by atoms with Crippen LogP contribution in [-0.2, 0) is 0 Å². The van der Waals surface area contributed by atoms with E-state index in [2.05, 4.69) is 202 Å². The van der Waals surface area contributed by atoms with Crippen molar-refractivity contribution in [2.75, 3.05) is 0 Å². The smallest absolute Gasteiger partial charge is 0.143 e. The molecule has 3 nitrogen and oxygen atoms in total. The zero-order chi connectivity index (χ0) is 40.2. The molecule has 0 spiro atoms. The molecule has 282 valence electrons. The van der Waals surface area contributed by atoms with Crippen LogP contribution in [0.5, 0.6) is 0 Å². The number of aliphatic imine (C=N–C) groups is 2. The monoisotopic (exact) mass is 766 g/mol. The van der Waals surface area contributed by atoms with E-state index in [1.165, 1.54) is 10.8 Å². The molecule has 3 heteroatoms. The Balaban J connectivity index is 1.03. The fourth-order valence-corrected chi connectivity index (χ4v) is 8.83. The Kier molecular flexibility index (Phi) is 8.53. The van der Waals surface area contributed by atoms with Crippen LogP contribution in [0.1, 0.15) is 12.5 Å². The van der Waals surface area contributed by atoms with E-state index in [4.69, 9.17) is 14.4 Å². The van der Waals surface area contributed by atoms with Crippen LogP contribution in [0.25, 0.3) is 98.8 Å². The molecule has 0 atom stereocenters. The Hall–Kier alpha value is -7.88. The van der Waals surface area contributed by atoms with E-state index < -0.39 is 0 Å². The molecule has 11 aromatic rings. The predicted octanol–water partition coefficient (Wildman–Crippen LogP) is 16.2. The van der Waals surface area contributed by atoms with Crippen molar-refractivity contribution < 1.29 is 4.42 Å². The van der Waals surface area contributed by atoms with Gasteiger partial charge in [0.05, 0.1) is 11.4 Å². The van der Waals surface area contributed by atoms with E-state index in [9.17, 15) is 0 Å². The number of hydrogen-bond donors (Lipinski definition) is 0. The molecular weight excluding hydrogens is 729 g/mol. The Morgan fingerprint density at radius 2 is 0.950 bits per heavy atom. The second-order valence-corrected chi connectivity index (χ2v) is 15.4. The van der Waals surface area contributed by atoms with Crippen LogP contribution in [0.2, 0.25) is 0 Å². The summed E-state index contributed by atoms with van der Waals surface area (Å²) in [6, 6.07) is 71.0. The maximum absolute atomic E-state index is 6.61. The van der Waals surface area contributed by atoms with Gasteiger partial charge in [-0.05, 0) is 116 Å². The number of benzene rings is 10. The van der Waals surface area contributed by atoms with Gasteiger partial charge >= 0.3 is 0 Å². The molecule has 1 aromatic heterocycles. The summed E-state index contributed by atoms with van der Waals surface area (Å²) in [5, 5.41) is 8.94. The summed E-state index contributed by atoms with van der Waals surface area (Å²) in [7, 11) is 0. The van der Waals surface area contributed by atoms with Crippen molar-refractivity contribution in [3.05, 3.63) is 206 Å². The highest BCUT2D eigenvalue weighted by atomic mass is 16.3. The van der Waals surface area contributed by atoms with Crippen molar-refractivity contribution in [1.29, 1.82) is 0 Å². The van der Waals surface area contributed by atoms with E-state index in [-0.39, 0.29) is 0 Å². The first-order valence-electron chi connectivity index (χ1n) is 20.3. The topological polar surface area (TPSA) is 37.9 Å². The molecule has 60 heavy (non-hydrogen) atoms. The standard InChI is InChI=1S/C57H38N2O/c1-36(59-56-53-34-45(38-16-7-4-8-17-38)27-29-49(53)48-28-26-44(33-52(48)55(56)58-2)37-14-5-3-6-15-37)39-20-11-21-40(30-39)41-22-12-23-46(31-41)47-24-13-25-50-51-32-42-18-9-10-19-43(42)35-54(51)60-57(47)50/h3-35H,2H2,1H3/b59-36+. The van der Waals surface area contributed by atoms with E-state index >= 15 is 0 Å². The molecule has 0 bridgehead atoms. The van der Waals surface area contributed by atoms with E-state index in [1.807, 2.05) is 12.1 Å². The van der Waals surface area contributed by atoms with Crippen molar-refractivity contribution in [2.45, 2.75) is 6.92 Å². The van der Waals surface area contributed by atoms with E-state index in [0.717, 1.165) is 111 Å². The number of rotatable bonds is 7. The maximum Gasteiger partial charge on any atom is 0.143 e. The SMILES string of the molecule is C=Nc1c(/N=C(\C)c2cccc(-c3cccc(-c4cccc5c4oc4cc6ccccc6cc45)c3)c2)c2cc(-c3ccccc3)ccc2c2ccc(-c3ccccc3)cc12. The van der Waals surface area contributed by atoms with E-state index in [1.54, 1.807) is 0 Å². The summed E-state index contributed by atoms with van der Waals surface area (Å²) in [5.41, 5.74) is 14.3. The van der Waals surface area contributed by atoms with Crippen LogP contribution in [0.4, 0.5) is 11.4 Å². The van der Waals surface area contributed by atoms with Crippen molar-refractivity contribution in [3.8, 4) is 44.5 Å². The third-order valence-electron chi connectivity index (χ3n) is 11.9. The molecule has 0 amide bonds. The lowest BCUT2D eigenvalue weighted by atomic mass is 9.92. The van der Waals surface area contributed by atoms with Gasteiger partial charge in [0, 0.05) is 32.8 Å². The maximum atomic E-state index is 6.61. The molecule has 0 saturated heterocycles. The third-order valence-corrected chi connectivity index (χ3v) is 11.9. The van der Waals surface area contributed by atoms with Crippen molar-refractivity contribution >= 4 is 78.1 Å². The fraction of sp³-hybridized carbons (Fsp3) is 0.0175. The molecule has 0 radical (unpaired) electrons. The summed E-state index contributed by atoms with van der Waals surface area (Å²) < 4.78 is 6.61. The van der Waals surface area contributed by atoms with Gasteiger partial charge in [0.2, 0.25) is 0 Å². The normalized spacial score (nSPS) is 11.9. The molecular formula is C57H38N2O. The van der Waals surface area contributed by atoms with Crippen molar-refractivity contribution in [1.82, 2.24) is 0 Å². The summed E-state index contributed by atoms with van der Waals surface area (Å²) >= 11 is 0. The third kappa shape index (κ3) is 6.07. The number of furan rings is 1. The van der Waals surface area contributed by atoms with E-state index in [0.29, 0.717) is 0 Å². The number of nitrogens with zero attached hydrogens (tertiary/aromatic N) is 2. The minimum absolute atomic E-state index is 0.775. The molecule has 0 aliphatic carbocycles. The number of para-hydroxylation sites is 1. The first-order valence-corrected chi connectivity index (χ1v) is 20.3. The largest absolute Gasteiger partial charge is 0.455 e. The average Bonchev–Trinajstić information content (AvgIpc) is 3.68. The predicted molar refractivity (Wildman–Crippen MR) is 256 cm³/mol. The van der Waals surface area contributed by atoms with Crippen LogP contribution in [0.3, 0.4) is 0 Å². The van der Waals surface area contributed by atoms with Crippen LogP contribution >= 0.6 is 0 Å².